The lowest BCUT2D eigenvalue weighted by Crippen LogP contribution is -2.05. The molecular formula is C21H19N3O4S. The van der Waals surface area contributed by atoms with E-state index in [9.17, 15) is 4.79 Å². The highest BCUT2D eigenvalue weighted by Crippen LogP contribution is 2.33. The Kier molecular flexibility index (Phi) is 5.18. The SMILES string of the molecule is COc1ccc(-c2nc(COC(=O)c3cn4c(C)cccc4n3)cs2)cc1OC. The van der Waals surface area contributed by atoms with Gasteiger partial charge in [-0.1, -0.05) is 6.07 Å². The van der Waals surface area contributed by atoms with Crippen LogP contribution in [0.4, 0.5) is 0 Å². The van der Waals surface area contributed by atoms with E-state index in [2.05, 4.69) is 9.97 Å². The highest BCUT2D eigenvalue weighted by molar-refractivity contribution is 7.13. The zero-order chi connectivity index (χ0) is 20.4. The molecular weight excluding hydrogens is 390 g/mol. The number of fused-ring (bicyclic) bond motifs is 1. The molecule has 3 aromatic heterocycles. The lowest BCUT2D eigenvalue weighted by Gasteiger charge is -2.08. The molecule has 0 saturated carbocycles. The maximum Gasteiger partial charge on any atom is 0.358 e. The number of benzene rings is 1. The van der Waals surface area contributed by atoms with Crippen LogP contribution in [0, 0.1) is 6.92 Å². The quantitative estimate of drug-likeness (QED) is 0.446. The van der Waals surface area contributed by atoms with E-state index >= 15 is 0 Å². The number of methoxy groups -OCH3 is 2. The van der Waals surface area contributed by atoms with Gasteiger partial charge in [-0.3, -0.25) is 0 Å². The number of pyridine rings is 1. The summed E-state index contributed by atoms with van der Waals surface area (Å²) in [5.74, 6) is 0.814. The van der Waals surface area contributed by atoms with Gasteiger partial charge in [0.1, 0.15) is 17.3 Å². The average Bonchev–Trinajstić information content (AvgIpc) is 3.39. The van der Waals surface area contributed by atoms with Crippen molar-refractivity contribution in [2.45, 2.75) is 13.5 Å². The minimum absolute atomic E-state index is 0.0788. The summed E-state index contributed by atoms with van der Waals surface area (Å²) in [7, 11) is 3.19. The molecule has 4 rings (SSSR count). The molecule has 0 fully saturated rings. The fourth-order valence-electron chi connectivity index (χ4n) is 2.94. The van der Waals surface area contributed by atoms with Gasteiger partial charge >= 0.3 is 5.97 Å². The third-order valence-corrected chi connectivity index (χ3v) is 5.38. The molecule has 0 aliphatic carbocycles. The molecule has 0 aliphatic rings. The molecule has 1 aromatic carbocycles. The zero-order valence-corrected chi connectivity index (χ0v) is 17.0. The number of aryl methyl sites for hydroxylation is 1. The molecule has 0 bridgehead atoms. The third kappa shape index (κ3) is 3.79. The largest absolute Gasteiger partial charge is 0.493 e. The second kappa shape index (κ2) is 7.92. The van der Waals surface area contributed by atoms with E-state index in [-0.39, 0.29) is 12.3 Å². The minimum atomic E-state index is -0.478. The predicted molar refractivity (Wildman–Crippen MR) is 110 cm³/mol. The number of hydrogen-bond acceptors (Lipinski definition) is 7. The molecule has 3 heterocycles. The van der Waals surface area contributed by atoms with E-state index in [4.69, 9.17) is 14.2 Å². The summed E-state index contributed by atoms with van der Waals surface area (Å²) >= 11 is 1.47. The van der Waals surface area contributed by atoms with Crippen LogP contribution in [0.25, 0.3) is 16.2 Å². The zero-order valence-electron chi connectivity index (χ0n) is 16.2. The van der Waals surface area contributed by atoms with E-state index in [1.807, 2.05) is 53.1 Å². The number of aromatic nitrogens is 3. The van der Waals surface area contributed by atoms with Crippen molar-refractivity contribution in [3.63, 3.8) is 0 Å². The molecule has 0 radical (unpaired) electrons. The van der Waals surface area contributed by atoms with Gasteiger partial charge in [0.15, 0.2) is 17.2 Å². The number of nitrogens with zero attached hydrogens (tertiary/aromatic N) is 3. The van der Waals surface area contributed by atoms with Crippen LogP contribution in [0.2, 0.25) is 0 Å². The second-order valence-electron chi connectivity index (χ2n) is 6.31. The van der Waals surface area contributed by atoms with Crippen molar-refractivity contribution in [2.24, 2.45) is 0 Å². The summed E-state index contributed by atoms with van der Waals surface area (Å²) in [5, 5.41) is 2.67. The Morgan fingerprint density at radius 1 is 1.10 bits per heavy atom. The fraction of sp³-hybridized carbons (Fsp3) is 0.190. The van der Waals surface area contributed by atoms with Crippen LogP contribution in [0.3, 0.4) is 0 Å². The summed E-state index contributed by atoms with van der Waals surface area (Å²) in [4.78, 5) is 21.2. The molecule has 0 unspecified atom stereocenters. The topological polar surface area (TPSA) is 75.0 Å². The highest BCUT2D eigenvalue weighted by Gasteiger charge is 2.15. The molecule has 0 saturated heterocycles. The van der Waals surface area contributed by atoms with Crippen molar-refractivity contribution in [1.82, 2.24) is 14.4 Å². The van der Waals surface area contributed by atoms with E-state index in [1.165, 1.54) is 11.3 Å². The van der Waals surface area contributed by atoms with E-state index in [0.29, 0.717) is 22.8 Å². The maximum absolute atomic E-state index is 12.4. The average molecular weight is 409 g/mol. The Bertz CT molecular complexity index is 1180. The van der Waals surface area contributed by atoms with Crippen LogP contribution in [-0.4, -0.2) is 34.6 Å². The van der Waals surface area contributed by atoms with E-state index in [1.54, 1.807) is 20.4 Å². The Labute approximate surface area is 171 Å². The van der Waals surface area contributed by atoms with Crippen LogP contribution in [0.1, 0.15) is 21.9 Å². The van der Waals surface area contributed by atoms with Gasteiger partial charge in [-0.25, -0.2) is 14.8 Å². The summed E-state index contributed by atoms with van der Waals surface area (Å²) < 4.78 is 17.9. The van der Waals surface area contributed by atoms with Crippen LogP contribution < -0.4 is 9.47 Å². The van der Waals surface area contributed by atoms with Crippen LogP contribution >= 0.6 is 11.3 Å². The smallest absolute Gasteiger partial charge is 0.358 e. The van der Waals surface area contributed by atoms with Gasteiger partial charge in [0.2, 0.25) is 0 Å². The number of ether oxygens (including phenoxy) is 3. The van der Waals surface area contributed by atoms with Gasteiger partial charge in [-0.05, 0) is 37.3 Å². The summed E-state index contributed by atoms with van der Waals surface area (Å²) in [6, 6.07) is 11.3. The Balaban J connectivity index is 1.46. The van der Waals surface area contributed by atoms with Gasteiger partial charge in [0.05, 0.1) is 19.9 Å². The summed E-state index contributed by atoms with van der Waals surface area (Å²) in [5.41, 5.74) is 3.55. The van der Waals surface area contributed by atoms with Gasteiger partial charge in [0, 0.05) is 22.8 Å². The maximum atomic E-state index is 12.4. The van der Waals surface area contributed by atoms with Crippen LogP contribution in [0.15, 0.2) is 48.0 Å². The molecule has 7 nitrogen and oxygen atoms in total. The molecule has 0 N–H and O–H groups in total. The first-order valence-corrected chi connectivity index (χ1v) is 9.75. The minimum Gasteiger partial charge on any atom is -0.493 e. The third-order valence-electron chi connectivity index (χ3n) is 4.44. The standard InChI is InChI=1S/C21H19N3O4S/c1-13-5-4-6-19-23-16(10-24(13)19)21(25)28-11-15-12-29-20(22-15)14-7-8-17(26-2)18(9-14)27-3/h4-10,12H,11H2,1-3H3. The Hall–Kier alpha value is -3.39. The Morgan fingerprint density at radius 3 is 2.69 bits per heavy atom. The lowest BCUT2D eigenvalue weighted by atomic mass is 10.2. The first kappa shape index (κ1) is 18.9. The van der Waals surface area contributed by atoms with Crippen molar-refractivity contribution < 1.29 is 19.0 Å². The molecule has 4 aromatic rings. The predicted octanol–water partition coefficient (Wildman–Crippen LogP) is 4.14. The first-order chi connectivity index (χ1) is 14.1. The normalized spacial score (nSPS) is 10.9. The van der Waals surface area contributed by atoms with Gasteiger partial charge in [-0.15, -0.1) is 11.3 Å². The van der Waals surface area contributed by atoms with Crippen molar-refractivity contribution in [3.05, 3.63) is 65.1 Å². The lowest BCUT2D eigenvalue weighted by molar-refractivity contribution is 0.0462. The first-order valence-electron chi connectivity index (χ1n) is 8.87. The number of esters is 1. The molecule has 148 valence electrons. The van der Waals surface area contributed by atoms with Crippen molar-refractivity contribution in [1.29, 1.82) is 0 Å². The van der Waals surface area contributed by atoms with Gasteiger partial charge in [0.25, 0.3) is 0 Å². The van der Waals surface area contributed by atoms with Crippen molar-refractivity contribution in [2.75, 3.05) is 14.2 Å². The molecule has 0 spiro atoms. The summed E-state index contributed by atoms with van der Waals surface area (Å²) in [6.07, 6.45) is 1.68. The second-order valence-corrected chi connectivity index (χ2v) is 7.17. The number of carbonyl (C=O) groups excluding carboxylic acids is 1. The summed E-state index contributed by atoms with van der Waals surface area (Å²) in [6.45, 7) is 2.03. The number of rotatable bonds is 6. The van der Waals surface area contributed by atoms with Crippen molar-refractivity contribution >= 4 is 23.0 Å². The molecule has 0 atom stereocenters. The number of carbonyl (C=O) groups is 1. The van der Waals surface area contributed by atoms with Crippen LogP contribution in [0.5, 0.6) is 11.5 Å². The molecule has 8 heteroatoms. The van der Waals surface area contributed by atoms with Gasteiger partial charge < -0.3 is 18.6 Å². The van der Waals surface area contributed by atoms with Crippen LogP contribution in [-0.2, 0) is 11.3 Å². The van der Waals surface area contributed by atoms with Gasteiger partial charge in [-0.2, -0.15) is 0 Å². The monoisotopic (exact) mass is 409 g/mol. The fourth-order valence-corrected chi connectivity index (χ4v) is 3.74. The van der Waals surface area contributed by atoms with E-state index in [0.717, 1.165) is 16.3 Å². The molecule has 0 aliphatic heterocycles. The number of imidazole rings is 1. The molecule has 29 heavy (non-hydrogen) atoms. The van der Waals surface area contributed by atoms with E-state index < -0.39 is 5.97 Å². The number of hydrogen-bond donors (Lipinski definition) is 0. The van der Waals surface area contributed by atoms with Crippen molar-refractivity contribution in [3.8, 4) is 22.1 Å². The molecule has 0 amide bonds. The number of thiazole rings is 1. The highest BCUT2D eigenvalue weighted by atomic mass is 32.1. The Morgan fingerprint density at radius 2 is 1.93 bits per heavy atom.